The highest BCUT2D eigenvalue weighted by Crippen LogP contribution is 2.48. The number of aromatic nitrogens is 2. The van der Waals surface area contributed by atoms with Crippen molar-refractivity contribution in [2.45, 2.75) is 107 Å². The van der Waals surface area contributed by atoms with Gasteiger partial charge in [-0.1, -0.05) is 38.1 Å². The van der Waals surface area contributed by atoms with Crippen molar-refractivity contribution in [2.24, 2.45) is 11.3 Å². The first-order chi connectivity index (χ1) is 33.9. The molecule has 1 aliphatic carbocycles. The molecule has 376 valence electrons. The number of aliphatic hydroxyl groups is 1. The Bertz CT molecular complexity index is 2990. The number of fused-ring (bicyclic) bond motifs is 2. The molecule has 0 bridgehead atoms. The van der Waals surface area contributed by atoms with Gasteiger partial charge in [0.25, 0.3) is 21.6 Å². The van der Waals surface area contributed by atoms with Gasteiger partial charge in [-0.2, -0.15) is 0 Å². The van der Waals surface area contributed by atoms with E-state index in [0.717, 1.165) is 69.8 Å². The van der Waals surface area contributed by atoms with E-state index >= 15 is 0 Å². The number of hydrogen-bond acceptors (Lipinski definition) is 13. The first-order valence-corrected chi connectivity index (χ1v) is 26.1. The van der Waals surface area contributed by atoms with Gasteiger partial charge in [0, 0.05) is 88.2 Å². The lowest BCUT2D eigenvalue weighted by molar-refractivity contribution is -0.384. The van der Waals surface area contributed by atoms with Crippen LogP contribution in [-0.4, -0.2) is 114 Å². The molecular weight excluding hydrogens is 932 g/mol. The van der Waals surface area contributed by atoms with Gasteiger partial charge in [-0.05, 0) is 98.4 Å². The Labute approximate surface area is 412 Å². The fraction of sp³-hybridized carbons (Fsp3) is 0.481. The number of sulfonamides is 1. The number of pyridine rings is 1. The van der Waals surface area contributed by atoms with E-state index in [-0.39, 0.29) is 69.7 Å². The number of likely N-dealkylation sites (tertiary alicyclic amines) is 2. The van der Waals surface area contributed by atoms with Crippen LogP contribution >= 0.6 is 0 Å². The molecule has 4 aliphatic heterocycles. The SMILES string of the molecule is CC(=O)N1CC[C@H](N2CC3(CCN(c4ccc(C(=O)NS(=O)(=O)c5cc6c(c([N+](=O)[O-])c5)N[C@@H](C5CCC(C)(O)CC5)CO6)c(Oc5cnc6[nH]cc(F)c6c5)c4)CC3)C2)[C@H](c2ccccc2C(C)C)C1. The molecular formula is C52H61FN8O9S. The average Bonchev–Trinajstić information content (AvgIpc) is 3.71. The third-order valence-corrected chi connectivity index (χ3v) is 17.2. The van der Waals surface area contributed by atoms with E-state index in [0.29, 0.717) is 49.8 Å². The molecule has 0 radical (unpaired) electrons. The van der Waals surface area contributed by atoms with E-state index in [2.05, 4.69) is 67.9 Å². The Balaban J connectivity index is 0.865. The first kappa shape index (κ1) is 48.3. The number of hydrogen-bond donors (Lipinski definition) is 4. The molecule has 1 spiro atoms. The van der Waals surface area contributed by atoms with Gasteiger partial charge in [-0.15, -0.1) is 0 Å². The lowest BCUT2D eigenvalue weighted by atomic mass is 9.69. The quantitative estimate of drug-likeness (QED) is 0.0729. The number of carbonyl (C=O) groups is 2. The van der Waals surface area contributed by atoms with Gasteiger partial charge >= 0.3 is 0 Å². The largest absolute Gasteiger partial charge is 0.489 e. The zero-order valence-corrected chi connectivity index (χ0v) is 41.3. The van der Waals surface area contributed by atoms with Crippen molar-refractivity contribution in [2.75, 3.05) is 56.1 Å². The van der Waals surface area contributed by atoms with Crippen LogP contribution < -0.4 is 24.4 Å². The molecule has 3 aromatic carbocycles. The van der Waals surface area contributed by atoms with Crippen LogP contribution in [0.3, 0.4) is 0 Å². The zero-order chi connectivity index (χ0) is 50.0. The van der Waals surface area contributed by atoms with Gasteiger partial charge in [0.05, 0.1) is 38.6 Å². The van der Waals surface area contributed by atoms with Crippen molar-refractivity contribution in [3.8, 4) is 17.2 Å². The molecule has 0 unspecified atom stereocenters. The lowest BCUT2D eigenvalue weighted by Gasteiger charge is -2.59. The maximum absolute atomic E-state index is 14.7. The summed E-state index contributed by atoms with van der Waals surface area (Å²) < 4.78 is 57.0. The van der Waals surface area contributed by atoms with Crippen LogP contribution in [0.25, 0.3) is 11.0 Å². The summed E-state index contributed by atoms with van der Waals surface area (Å²) in [5.74, 6) is -0.799. The summed E-state index contributed by atoms with van der Waals surface area (Å²) >= 11 is 0. The van der Waals surface area contributed by atoms with Crippen molar-refractivity contribution in [3.05, 3.63) is 106 Å². The number of aromatic amines is 1. The molecule has 3 saturated heterocycles. The van der Waals surface area contributed by atoms with Crippen LogP contribution in [0, 0.1) is 27.3 Å². The van der Waals surface area contributed by atoms with Crippen LogP contribution in [0.4, 0.5) is 21.5 Å². The van der Waals surface area contributed by atoms with E-state index < -0.39 is 42.9 Å². The van der Waals surface area contributed by atoms with Crippen molar-refractivity contribution < 1.29 is 41.9 Å². The number of benzene rings is 3. The summed E-state index contributed by atoms with van der Waals surface area (Å²) in [5, 5.41) is 26.2. The minimum absolute atomic E-state index is 0.00811. The molecule has 5 aliphatic rings. The topological polar surface area (TPSA) is 213 Å². The standard InChI is InChI=1S/C52H61FN8O9S/c1-31(2)37-7-5-6-8-38(37)41-27-59(32(3)62)18-13-44(41)60-29-52(30-60)16-19-58(20-17-52)34-9-10-39(46(21-34)70-35-22-40-42(53)26-55-49(40)54-25-35)50(63)57-71(67,68)36-23-45(61(65)66)48-47(24-36)69-28-43(56-48)33-11-14-51(4,64)15-12-33/h5-10,21-26,31,33,41,43-44,56,64H,11-20,27-30H2,1-4H3,(H,54,55)(H,57,63)/t33?,41-,43+,44-,51?/m0/s1. The highest BCUT2D eigenvalue weighted by molar-refractivity contribution is 7.90. The van der Waals surface area contributed by atoms with E-state index in [1.807, 2.05) is 4.90 Å². The predicted molar refractivity (Wildman–Crippen MR) is 265 cm³/mol. The van der Waals surface area contributed by atoms with Gasteiger partial charge in [-0.25, -0.2) is 22.5 Å². The van der Waals surface area contributed by atoms with Crippen molar-refractivity contribution in [1.29, 1.82) is 0 Å². The molecule has 19 heteroatoms. The third kappa shape index (κ3) is 9.63. The summed E-state index contributed by atoms with van der Waals surface area (Å²) in [5.41, 5.74) is 2.40. The molecule has 17 nitrogen and oxygen atoms in total. The fourth-order valence-corrected chi connectivity index (χ4v) is 12.8. The molecule has 2 amide bonds. The molecule has 4 N–H and O–H groups in total. The number of rotatable bonds is 11. The summed E-state index contributed by atoms with van der Waals surface area (Å²) in [6, 6.07) is 17.0. The Morgan fingerprint density at radius 2 is 1.77 bits per heavy atom. The Morgan fingerprint density at radius 3 is 2.49 bits per heavy atom. The van der Waals surface area contributed by atoms with Gasteiger partial charge in [0.1, 0.15) is 29.6 Å². The highest BCUT2D eigenvalue weighted by Gasteiger charge is 2.50. The van der Waals surface area contributed by atoms with E-state index in [9.17, 15) is 37.6 Å². The first-order valence-electron chi connectivity index (χ1n) is 24.7. The highest BCUT2D eigenvalue weighted by atomic mass is 32.2. The van der Waals surface area contributed by atoms with E-state index in [4.69, 9.17) is 9.47 Å². The number of piperidine rings is 2. The number of nitro groups is 1. The smallest absolute Gasteiger partial charge is 0.297 e. The van der Waals surface area contributed by atoms with Crippen LogP contribution in [0.15, 0.2) is 78.0 Å². The van der Waals surface area contributed by atoms with Crippen LogP contribution in [0.5, 0.6) is 17.2 Å². The van der Waals surface area contributed by atoms with Crippen molar-refractivity contribution >= 4 is 49.9 Å². The summed E-state index contributed by atoms with van der Waals surface area (Å²) in [7, 11) is -4.74. The Morgan fingerprint density at radius 1 is 1.03 bits per heavy atom. The van der Waals surface area contributed by atoms with Crippen LogP contribution in [0.2, 0.25) is 0 Å². The number of carbonyl (C=O) groups excluding carboxylic acids is 2. The van der Waals surface area contributed by atoms with Gasteiger partial charge in [0.15, 0.2) is 11.4 Å². The molecule has 3 atom stereocenters. The minimum Gasteiger partial charge on any atom is -0.489 e. The zero-order valence-electron chi connectivity index (χ0n) is 40.4. The monoisotopic (exact) mass is 992 g/mol. The number of nitrogens with one attached hydrogen (secondary N) is 3. The van der Waals surface area contributed by atoms with Crippen molar-refractivity contribution in [1.82, 2.24) is 24.5 Å². The number of nitrogens with zero attached hydrogens (tertiary/aromatic N) is 5. The summed E-state index contributed by atoms with van der Waals surface area (Å²) in [6.45, 7) is 12.8. The molecule has 71 heavy (non-hydrogen) atoms. The van der Waals surface area contributed by atoms with E-state index in [1.54, 1.807) is 26.0 Å². The number of amides is 2. The maximum Gasteiger partial charge on any atom is 0.297 e. The Kier molecular flexibility index (Phi) is 12.7. The average molecular weight is 993 g/mol. The molecule has 2 aromatic heterocycles. The molecule has 6 heterocycles. The maximum atomic E-state index is 14.7. The second-order valence-electron chi connectivity index (χ2n) is 21.0. The van der Waals surface area contributed by atoms with Gasteiger partial charge < -0.3 is 34.7 Å². The number of ether oxygens (including phenoxy) is 2. The number of anilines is 2. The summed E-state index contributed by atoms with van der Waals surface area (Å²) in [6.07, 6.45) is 7.83. The normalized spacial score (nSPS) is 24.4. The predicted octanol–water partition coefficient (Wildman–Crippen LogP) is 8.07. The third-order valence-electron chi connectivity index (χ3n) is 15.9. The van der Waals surface area contributed by atoms with Gasteiger partial charge in [-0.3, -0.25) is 24.6 Å². The summed E-state index contributed by atoms with van der Waals surface area (Å²) in [4.78, 5) is 51.8. The second kappa shape index (κ2) is 18.7. The number of H-pyrrole nitrogens is 1. The number of halogens is 1. The minimum atomic E-state index is -4.74. The van der Waals surface area contributed by atoms with Crippen LogP contribution in [0.1, 0.15) is 106 Å². The molecule has 10 rings (SSSR count). The Hall–Kier alpha value is -6.31. The van der Waals surface area contributed by atoms with E-state index in [1.165, 1.54) is 35.7 Å². The van der Waals surface area contributed by atoms with Gasteiger partial charge in [0.2, 0.25) is 5.91 Å². The molecule has 5 aromatic rings. The number of nitro benzene ring substituents is 1. The van der Waals surface area contributed by atoms with Crippen molar-refractivity contribution in [3.63, 3.8) is 0 Å². The second-order valence-corrected chi connectivity index (χ2v) is 22.7. The fourth-order valence-electron chi connectivity index (χ4n) is 11.8. The molecule has 4 fully saturated rings. The van der Waals surface area contributed by atoms with Crippen LogP contribution in [-0.2, 0) is 14.8 Å². The lowest BCUT2D eigenvalue weighted by Crippen LogP contribution is -2.65. The molecule has 1 saturated carbocycles.